The maximum absolute atomic E-state index is 6.13. The van der Waals surface area contributed by atoms with E-state index in [0.717, 1.165) is 47.8 Å². The number of anilines is 1. The molecule has 0 bridgehead atoms. The Hall–Kier alpha value is -3.44. The van der Waals surface area contributed by atoms with E-state index in [4.69, 9.17) is 11.6 Å². The Morgan fingerprint density at radius 3 is 1.73 bits per heavy atom. The van der Waals surface area contributed by atoms with Gasteiger partial charge >= 0.3 is 0 Å². The molecule has 0 spiro atoms. The van der Waals surface area contributed by atoms with Crippen molar-refractivity contribution in [1.29, 1.82) is 0 Å². The van der Waals surface area contributed by atoms with E-state index in [9.17, 15) is 0 Å². The molecule has 1 aromatic heterocycles. The van der Waals surface area contributed by atoms with Crippen molar-refractivity contribution in [3.63, 3.8) is 0 Å². The van der Waals surface area contributed by atoms with E-state index in [1.807, 2.05) is 24.4 Å². The Labute approximate surface area is 251 Å². The Kier molecular flexibility index (Phi) is 9.67. The van der Waals surface area contributed by atoms with Crippen molar-refractivity contribution >= 4 is 33.3 Å². The van der Waals surface area contributed by atoms with Crippen molar-refractivity contribution in [3.05, 3.63) is 165 Å². The Bertz CT molecular complexity index is 1350. The van der Waals surface area contributed by atoms with Crippen LogP contribution in [-0.4, -0.2) is 18.1 Å². The number of pyridine rings is 1. The van der Waals surface area contributed by atoms with Crippen LogP contribution in [-0.2, 0) is 12.1 Å². The van der Waals surface area contributed by atoms with Gasteiger partial charge in [0.15, 0.2) is 0 Å². The minimum atomic E-state index is -0.444. The average Bonchev–Trinajstić information content (AvgIpc) is 3.01. The fourth-order valence-electron chi connectivity index (χ4n) is 5.21. The van der Waals surface area contributed by atoms with Gasteiger partial charge in [0.1, 0.15) is 5.82 Å². The zero-order chi connectivity index (χ0) is 27.6. The van der Waals surface area contributed by atoms with E-state index in [-0.39, 0.29) is 0 Å². The van der Waals surface area contributed by atoms with Gasteiger partial charge < -0.3 is 4.90 Å². The lowest BCUT2D eigenvalue weighted by molar-refractivity contribution is 0.460. The van der Waals surface area contributed by atoms with Crippen LogP contribution in [0.15, 0.2) is 138 Å². The van der Waals surface area contributed by atoms with Crippen molar-refractivity contribution in [2.45, 2.75) is 24.9 Å². The highest BCUT2D eigenvalue weighted by atomic mass is 79.9. The number of unbranched alkanes of at least 4 members (excludes halogenated alkanes) is 1. The van der Waals surface area contributed by atoms with Crippen LogP contribution in [0, 0.1) is 0 Å². The average molecular weight is 611 g/mol. The maximum atomic E-state index is 6.13. The topological polar surface area (TPSA) is 28.2 Å². The van der Waals surface area contributed by atoms with Crippen LogP contribution in [0.2, 0.25) is 5.02 Å². The Balaban J connectivity index is 1.34. The van der Waals surface area contributed by atoms with Gasteiger partial charge in [-0.1, -0.05) is 115 Å². The van der Waals surface area contributed by atoms with Crippen LogP contribution in [0.4, 0.5) is 5.82 Å². The van der Waals surface area contributed by atoms with E-state index >= 15 is 0 Å². The molecule has 0 saturated carbocycles. The lowest BCUT2D eigenvalue weighted by Gasteiger charge is -2.37. The van der Waals surface area contributed by atoms with E-state index < -0.39 is 5.54 Å². The molecule has 202 valence electrons. The lowest BCUT2D eigenvalue weighted by atomic mass is 9.77. The fourth-order valence-corrected chi connectivity index (χ4v) is 5.57. The van der Waals surface area contributed by atoms with E-state index in [2.05, 4.69) is 140 Å². The second kappa shape index (κ2) is 13.8. The highest BCUT2D eigenvalue weighted by molar-refractivity contribution is 9.10. The largest absolute Gasteiger partial charge is 0.352 e. The molecular formula is C35H33BrClN3. The van der Waals surface area contributed by atoms with Gasteiger partial charge in [-0.15, -0.1) is 0 Å². The summed E-state index contributed by atoms with van der Waals surface area (Å²) in [6, 6.07) is 44.5. The Morgan fingerprint density at radius 2 is 1.23 bits per heavy atom. The first-order chi connectivity index (χ1) is 19.6. The summed E-state index contributed by atoms with van der Waals surface area (Å²) < 4.78 is 0.978. The molecule has 0 unspecified atom stereocenters. The minimum Gasteiger partial charge on any atom is -0.352 e. The summed E-state index contributed by atoms with van der Waals surface area (Å²) in [7, 11) is 0. The quantitative estimate of drug-likeness (QED) is 0.113. The fraction of sp³-hybridized carbons (Fsp3) is 0.171. The molecule has 1 heterocycles. The van der Waals surface area contributed by atoms with Crippen LogP contribution in [0.25, 0.3) is 0 Å². The first-order valence-corrected chi connectivity index (χ1v) is 14.8. The number of benzene rings is 4. The molecule has 0 fully saturated rings. The van der Waals surface area contributed by atoms with E-state index in [1.54, 1.807) is 0 Å². The number of nitrogens with one attached hydrogen (secondary N) is 1. The SMILES string of the molecule is Clc1ccc(CN(CCCCNC(c2ccccc2)(c2ccccc2)c2ccccc2)c2ccc(Br)cn2)cc1. The molecule has 5 aromatic rings. The monoisotopic (exact) mass is 609 g/mol. The molecule has 3 nitrogen and oxygen atoms in total. The smallest absolute Gasteiger partial charge is 0.128 e. The molecule has 4 aromatic carbocycles. The zero-order valence-corrected chi connectivity index (χ0v) is 24.7. The molecule has 0 radical (unpaired) electrons. The van der Waals surface area contributed by atoms with Crippen LogP contribution in [0.1, 0.15) is 35.1 Å². The van der Waals surface area contributed by atoms with Crippen molar-refractivity contribution in [1.82, 2.24) is 10.3 Å². The number of rotatable bonds is 12. The van der Waals surface area contributed by atoms with Gasteiger partial charge in [-0.05, 0) is 81.8 Å². The number of hydrogen-bond donors (Lipinski definition) is 1. The van der Waals surface area contributed by atoms with Gasteiger partial charge in [-0.3, -0.25) is 5.32 Å². The first-order valence-electron chi connectivity index (χ1n) is 13.7. The summed E-state index contributed by atoms with van der Waals surface area (Å²) in [6.45, 7) is 2.54. The normalized spacial score (nSPS) is 11.3. The number of nitrogens with zero attached hydrogens (tertiary/aromatic N) is 2. The van der Waals surface area contributed by atoms with Gasteiger partial charge in [0.25, 0.3) is 0 Å². The summed E-state index contributed by atoms with van der Waals surface area (Å²) in [5.74, 6) is 0.971. The van der Waals surface area contributed by atoms with Crippen molar-refractivity contribution in [2.75, 3.05) is 18.0 Å². The maximum Gasteiger partial charge on any atom is 0.128 e. The molecule has 0 saturated heterocycles. The summed E-state index contributed by atoms with van der Waals surface area (Å²) in [4.78, 5) is 7.03. The number of hydrogen-bond acceptors (Lipinski definition) is 3. The molecule has 0 aliphatic rings. The summed E-state index contributed by atoms with van der Waals surface area (Å²) in [6.07, 6.45) is 3.90. The van der Waals surface area contributed by atoms with Gasteiger partial charge in [0, 0.05) is 28.8 Å². The van der Waals surface area contributed by atoms with Crippen molar-refractivity contribution in [3.8, 4) is 0 Å². The van der Waals surface area contributed by atoms with Crippen LogP contribution in [0.5, 0.6) is 0 Å². The third-order valence-corrected chi connectivity index (χ3v) is 7.91. The zero-order valence-electron chi connectivity index (χ0n) is 22.4. The number of aromatic nitrogens is 1. The van der Waals surface area contributed by atoms with E-state index in [1.165, 1.54) is 22.3 Å². The van der Waals surface area contributed by atoms with Crippen LogP contribution in [0.3, 0.4) is 0 Å². The molecule has 0 aliphatic carbocycles. The molecule has 0 atom stereocenters. The van der Waals surface area contributed by atoms with Gasteiger partial charge in [0.2, 0.25) is 0 Å². The highest BCUT2D eigenvalue weighted by Gasteiger charge is 2.35. The summed E-state index contributed by atoms with van der Waals surface area (Å²) in [5, 5.41) is 4.76. The summed E-state index contributed by atoms with van der Waals surface area (Å²) >= 11 is 9.65. The van der Waals surface area contributed by atoms with Crippen molar-refractivity contribution < 1.29 is 0 Å². The summed E-state index contributed by atoms with van der Waals surface area (Å²) in [5.41, 5.74) is 4.46. The van der Waals surface area contributed by atoms with Crippen LogP contribution < -0.4 is 10.2 Å². The molecule has 5 heteroatoms. The minimum absolute atomic E-state index is 0.444. The highest BCUT2D eigenvalue weighted by Crippen LogP contribution is 2.36. The number of halogens is 2. The third kappa shape index (κ3) is 6.82. The van der Waals surface area contributed by atoms with Gasteiger partial charge in [-0.25, -0.2) is 4.98 Å². The molecule has 40 heavy (non-hydrogen) atoms. The predicted molar refractivity (Wildman–Crippen MR) is 171 cm³/mol. The van der Waals surface area contributed by atoms with Gasteiger partial charge in [-0.2, -0.15) is 0 Å². The van der Waals surface area contributed by atoms with Crippen LogP contribution >= 0.6 is 27.5 Å². The lowest BCUT2D eigenvalue weighted by Crippen LogP contribution is -2.45. The second-order valence-electron chi connectivity index (χ2n) is 9.86. The molecule has 5 rings (SSSR count). The molecular weight excluding hydrogens is 578 g/mol. The first kappa shape index (κ1) is 28.1. The Morgan fingerprint density at radius 1 is 0.675 bits per heavy atom. The molecule has 0 aliphatic heterocycles. The van der Waals surface area contributed by atoms with Gasteiger partial charge in [0.05, 0.1) is 5.54 Å². The third-order valence-electron chi connectivity index (χ3n) is 7.19. The standard InChI is InChI=1S/C35H33BrClN3/c36-32-20-23-34(38-26-32)40(27-28-18-21-33(37)22-19-28)25-11-10-24-39-35(29-12-4-1-5-13-29,30-14-6-2-7-15-30)31-16-8-3-9-17-31/h1-9,12-23,26,39H,10-11,24-25,27H2. The second-order valence-corrected chi connectivity index (χ2v) is 11.2. The van der Waals surface area contributed by atoms with Crippen molar-refractivity contribution in [2.24, 2.45) is 0 Å². The molecule has 1 N–H and O–H groups in total. The predicted octanol–water partition coefficient (Wildman–Crippen LogP) is 8.87. The molecule has 0 amide bonds. The van der Waals surface area contributed by atoms with E-state index in [0.29, 0.717) is 0 Å².